The molecule has 1 heteroatoms. The lowest BCUT2D eigenvalue weighted by atomic mass is 9.75. The highest BCUT2D eigenvalue weighted by molar-refractivity contribution is 4.82. The molecule has 3 atom stereocenters. The zero-order valence-corrected chi connectivity index (χ0v) is 9.83. The van der Waals surface area contributed by atoms with Crippen LogP contribution in [-0.4, -0.2) is 12.7 Å². The summed E-state index contributed by atoms with van der Waals surface area (Å²) in [6, 6.07) is 0. The minimum atomic E-state index is 0.469. The largest absolute Gasteiger partial charge is 0.374 e. The second-order valence-electron chi connectivity index (χ2n) is 4.99. The first-order valence-electron chi connectivity index (χ1n) is 5.87. The van der Waals surface area contributed by atoms with Gasteiger partial charge in [-0.3, -0.25) is 0 Å². The Morgan fingerprint density at radius 3 is 2.71 bits per heavy atom. The fourth-order valence-corrected chi connectivity index (χ4v) is 2.50. The topological polar surface area (TPSA) is 9.23 Å². The monoisotopic (exact) mass is 196 g/mol. The van der Waals surface area contributed by atoms with Gasteiger partial charge < -0.3 is 4.74 Å². The molecule has 0 aromatic rings. The molecule has 1 aliphatic carbocycles. The zero-order valence-electron chi connectivity index (χ0n) is 9.83. The predicted molar refractivity (Wildman–Crippen MR) is 61.3 cm³/mol. The van der Waals surface area contributed by atoms with E-state index in [4.69, 9.17) is 4.74 Å². The zero-order chi connectivity index (χ0) is 10.6. The lowest BCUT2D eigenvalue weighted by molar-refractivity contribution is -0.0261. The maximum Gasteiger partial charge on any atom is 0.0648 e. The van der Waals surface area contributed by atoms with Crippen LogP contribution in [0, 0.1) is 17.8 Å². The van der Waals surface area contributed by atoms with Gasteiger partial charge in [-0.15, -0.1) is 6.58 Å². The van der Waals surface area contributed by atoms with Gasteiger partial charge in [-0.25, -0.2) is 0 Å². The molecule has 1 rings (SSSR count). The van der Waals surface area contributed by atoms with Crippen LogP contribution in [-0.2, 0) is 4.74 Å². The first-order valence-corrected chi connectivity index (χ1v) is 5.87. The summed E-state index contributed by atoms with van der Waals surface area (Å²) in [4.78, 5) is 0. The molecule has 1 saturated carbocycles. The van der Waals surface area contributed by atoms with E-state index < -0.39 is 0 Å². The van der Waals surface area contributed by atoms with Gasteiger partial charge >= 0.3 is 0 Å². The van der Waals surface area contributed by atoms with E-state index in [2.05, 4.69) is 27.4 Å². The van der Waals surface area contributed by atoms with Gasteiger partial charge in [0.2, 0.25) is 0 Å². The summed E-state index contributed by atoms with van der Waals surface area (Å²) in [7, 11) is 0. The maximum atomic E-state index is 5.86. The van der Waals surface area contributed by atoms with E-state index in [0.29, 0.717) is 12.7 Å². The highest BCUT2D eigenvalue weighted by Gasteiger charge is 2.30. The number of rotatable bonds is 4. The summed E-state index contributed by atoms with van der Waals surface area (Å²) in [5, 5.41) is 0. The molecular weight excluding hydrogens is 172 g/mol. The van der Waals surface area contributed by atoms with Gasteiger partial charge in [0.05, 0.1) is 12.7 Å². The van der Waals surface area contributed by atoms with Crippen molar-refractivity contribution >= 4 is 0 Å². The van der Waals surface area contributed by atoms with Crippen LogP contribution in [0.3, 0.4) is 0 Å². The third kappa shape index (κ3) is 3.13. The Morgan fingerprint density at radius 2 is 2.14 bits per heavy atom. The molecule has 0 aromatic heterocycles. The SMILES string of the molecule is C=CCOC1CC(C)CCC1C(C)C. The van der Waals surface area contributed by atoms with Crippen LogP contribution in [0.1, 0.15) is 40.0 Å². The lowest BCUT2D eigenvalue weighted by Crippen LogP contribution is -2.34. The van der Waals surface area contributed by atoms with E-state index in [9.17, 15) is 0 Å². The van der Waals surface area contributed by atoms with Crippen LogP contribution >= 0.6 is 0 Å². The highest BCUT2D eigenvalue weighted by Crippen LogP contribution is 2.35. The lowest BCUT2D eigenvalue weighted by Gasteiger charge is -2.36. The molecule has 1 fully saturated rings. The Hall–Kier alpha value is -0.300. The molecule has 3 unspecified atom stereocenters. The van der Waals surface area contributed by atoms with Crippen LogP contribution in [0.4, 0.5) is 0 Å². The van der Waals surface area contributed by atoms with Crippen molar-refractivity contribution in [1.29, 1.82) is 0 Å². The van der Waals surface area contributed by atoms with Crippen LogP contribution in [0.25, 0.3) is 0 Å². The summed E-state index contributed by atoms with van der Waals surface area (Å²) in [5.74, 6) is 2.34. The first-order chi connectivity index (χ1) is 6.65. The molecule has 14 heavy (non-hydrogen) atoms. The Morgan fingerprint density at radius 1 is 1.43 bits per heavy atom. The Kier molecular flexibility index (Phi) is 4.67. The van der Waals surface area contributed by atoms with Crippen molar-refractivity contribution in [2.75, 3.05) is 6.61 Å². The fraction of sp³-hybridized carbons (Fsp3) is 0.846. The predicted octanol–water partition coefficient (Wildman–Crippen LogP) is 3.65. The van der Waals surface area contributed by atoms with Gasteiger partial charge in [-0.05, 0) is 30.6 Å². The van der Waals surface area contributed by atoms with Crippen LogP contribution < -0.4 is 0 Å². The summed E-state index contributed by atoms with van der Waals surface area (Å²) >= 11 is 0. The van der Waals surface area contributed by atoms with Crippen molar-refractivity contribution in [2.24, 2.45) is 17.8 Å². The molecule has 0 bridgehead atoms. The number of hydrogen-bond acceptors (Lipinski definition) is 1. The van der Waals surface area contributed by atoms with Gasteiger partial charge in [0.1, 0.15) is 0 Å². The Bertz CT molecular complexity index is 174. The van der Waals surface area contributed by atoms with E-state index >= 15 is 0 Å². The van der Waals surface area contributed by atoms with Crippen molar-refractivity contribution in [1.82, 2.24) is 0 Å². The third-order valence-electron chi connectivity index (χ3n) is 3.39. The normalized spacial score (nSPS) is 33.3. The number of ether oxygens (including phenoxy) is 1. The van der Waals surface area contributed by atoms with Gasteiger partial charge in [-0.1, -0.05) is 33.3 Å². The molecule has 0 N–H and O–H groups in total. The second kappa shape index (κ2) is 5.55. The highest BCUT2D eigenvalue weighted by atomic mass is 16.5. The molecule has 0 aliphatic heterocycles. The van der Waals surface area contributed by atoms with Crippen molar-refractivity contribution in [3.63, 3.8) is 0 Å². The Balaban J connectivity index is 2.49. The van der Waals surface area contributed by atoms with E-state index in [1.807, 2.05) is 6.08 Å². The quantitative estimate of drug-likeness (QED) is 0.624. The van der Waals surface area contributed by atoms with Crippen LogP contribution in [0.2, 0.25) is 0 Å². The molecule has 0 heterocycles. The van der Waals surface area contributed by atoms with Crippen molar-refractivity contribution in [3.05, 3.63) is 12.7 Å². The van der Waals surface area contributed by atoms with Gasteiger partial charge in [0.25, 0.3) is 0 Å². The van der Waals surface area contributed by atoms with E-state index in [-0.39, 0.29) is 0 Å². The van der Waals surface area contributed by atoms with Gasteiger partial charge in [0.15, 0.2) is 0 Å². The standard InChI is InChI=1S/C13H24O/c1-5-8-14-13-9-11(4)6-7-12(13)10(2)3/h5,10-13H,1,6-9H2,2-4H3. The average Bonchev–Trinajstić information content (AvgIpc) is 2.14. The molecule has 0 amide bonds. The minimum absolute atomic E-state index is 0.469. The molecule has 82 valence electrons. The van der Waals surface area contributed by atoms with E-state index in [0.717, 1.165) is 17.8 Å². The summed E-state index contributed by atoms with van der Waals surface area (Å²) in [5.41, 5.74) is 0. The molecule has 0 spiro atoms. The van der Waals surface area contributed by atoms with E-state index in [1.54, 1.807) is 0 Å². The Labute approximate surface area is 88.5 Å². The molecule has 0 radical (unpaired) electrons. The third-order valence-corrected chi connectivity index (χ3v) is 3.39. The average molecular weight is 196 g/mol. The van der Waals surface area contributed by atoms with Crippen molar-refractivity contribution < 1.29 is 4.74 Å². The maximum absolute atomic E-state index is 5.86. The van der Waals surface area contributed by atoms with Crippen molar-refractivity contribution in [3.8, 4) is 0 Å². The van der Waals surface area contributed by atoms with Crippen molar-refractivity contribution in [2.45, 2.75) is 46.1 Å². The molecule has 0 saturated heterocycles. The molecule has 1 aliphatic rings. The van der Waals surface area contributed by atoms with Gasteiger partial charge in [0, 0.05) is 0 Å². The summed E-state index contributed by atoms with van der Waals surface area (Å²) in [6.45, 7) is 11.4. The summed E-state index contributed by atoms with van der Waals surface area (Å²) < 4.78 is 5.86. The molecule has 0 aromatic carbocycles. The smallest absolute Gasteiger partial charge is 0.0648 e. The van der Waals surface area contributed by atoms with Crippen LogP contribution in [0.5, 0.6) is 0 Å². The van der Waals surface area contributed by atoms with Gasteiger partial charge in [-0.2, -0.15) is 0 Å². The van der Waals surface area contributed by atoms with Crippen LogP contribution in [0.15, 0.2) is 12.7 Å². The minimum Gasteiger partial charge on any atom is -0.374 e. The second-order valence-corrected chi connectivity index (χ2v) is 4.99. The summed E-state index contributed by atoms with van der Waals surface area (Å²) in [6.07, 6.45) is 6.27. The van der Waals surface area contributed by atoms with E-state index in [1.165, 1.54) is 19.3 Å². The molecular formula is C13H24O. The number of hydrogen-bond donors (Lipinski definition) is 0. The molecule has 1 nitrogen and oxygen atoms in total. The first kappa shape index (κ1) is 11.8. The fourth-order valence-electron chi connectivity index (χ4n) is 2.50.